The fraction of sp³-hybridized carbons (Fsp3) is 0.392. The van der Waals surface area contributed by atoms with Crippen LogP contribution in [-0.4, -0.2) is 110 Å². The van der Waals surface area contributed by atoms with Crippen LogP contribution in [0.1, 0.15) is 89.1 Å². The fourth-order valence-corrected chi connectivity index (χ4v) is 10.0. The van der Waals surface area contributed by atoms with Crippen molar-refractivity contribution < 1.29 is 29.3 Å². The molecule has 0 amide bonds. The first-order valence-electron chi connectivity index (χ1n) is 23.4. The minimum absolute atomic E-state index is 0.0438. The van der Waals surface area contributed by atoms with Gasteiger partial charge in [0.05, 0.1) is 5.33 Å². The van der Waals surface area contributed by atoms with Crippen molar-refractivity contribution in [2.75, 3.05) is 67.6 Å². The maximum atomic E-state index is 13.0. The average molecular weight is 1090 g/mol. The normalized spacial score (nSPS) is 15.8. The van der Waals surface area contributed by atoms with E-state index in [-0.39, 0.29) is 28.9 Å². The first-order valence-corrected chi connectivity index (χ1v) is 27.5. The number of hydrogen-bond donors (Lipinski definition) is 6. The van der Waals surface area contributed by atoms with Crippen molar-refractivity contribution in [1.29, 1.82) is 0 Å². The Morgan fingerprint density at radius 1 is 0.857 bits per heavy atom. The standard InChI is InChI=1S/C25H30N4O3S.C15H23N4OPS2.C11H13BrO2/c1-3-5-16-14-17(7-12-21(16)30)22(31)23-24(26)28-25(33-23)27-18-8-10-20(11-9-18)32-15-19-6-4-13-29(19)2;1-19-8-2-3-12(19)9-20-13-6-4-11(5-7-13)17-15(22)18-14(16)23-10-21;1-2-3-8-6-9(11(14)7-12)4-5-10(8)13/h7-12,14,19,30H,3-6,13,15,26H2,1-2H3,(H,27,28);4-7,12H,2-3,8-10,21H2,1H3,(H3,16,17,18,22);4-6,13H,2-3,7H2,1H3/t;12-;/m.0./s1. The second-order valence-electron chi connectivity index (χ2n) is 16.8. The van der Waals surface area contributed by atoms with Crippen molar-refractivity contribution in [1.82, 2.24) is 14.8 Å². The summed E-state index contributed by atoms with van der Waals surface area (Å²) in [4.78, 5) is 37.9. The lowest BCUT2D eigenvalue weighted by molar-refractivity contribution is 0.102. The molecule has 5 aromatic rings. The Hall–Kier alpha value is -4.81. The molecular formula is C51H66BrN8O6PS3. The third kappa shape index (κ3) is 17.5. The molecule has 8 N–H and O–H groups in total. The van der Waals surface area contributed by atoms with Crippen molar-refractivity contribution in [3.8, 4) is 23.0 Å². The number of aryl methyl sites for hydroxylation is 2. The molecule has 4 aromatic carbocycles. The zero-order chi connectivity index (χ0) is 50.6. The molecule has 1 aromatic heterocycles. The second kappa shape index (κ2) is 28.9. The van der Waals surface area contributed by atoms with Gasteiger partial charge in [0.2, 0.25) is 5.78 Å². The topological polar surface area (TPSA) is 201 Å². The Balaban J connectivity index is 0.000000214. The van der Waals surface area contributed by atoms with Gasteiger partial charge in [0, 0.05) is 40.1 Å². The number of carbonyl (C=O) groups is 2. The summed E-state index contributed by atoms with van der Waals surface area (Å²) in [6.07, 6.45) is 8.20. The van der Waals surface area contributed by atoms with Crippen LogP contribution in [0.25, 0.3) is 0 Å². The lowest BCUT2D eigenvalue weighted by Gasteiger charge is -2.19. The van der Waals surface area contributed by atoms with E-state index in [4.69, 9.17) is 33.2 Å². The summed E-state index contributed by atoms with van der Waals surface area (Å²) in [6, 6.07) is 26.3. The lowest BCUT2D eigenvalue weighted by atomic mass is 10.0. The van der Waals surface area contributed by atoms with Gasteiger partial charge in [0.25, 0.3) is 0 Å². The van der Waals surface area contributed by atoms with Crippen LogP contribution >= 0.6 is 60.5 Å². The zero-order valence-electron chi connectivity index (χ0n) is 40.3. The second-order valence-corrected chi connectivity index (χ2v) is 20.8. The van der Waals surface area contributed by atoms with Crippen LogP contribution < -0.4 is 31.6 Å². The number of thiocarbonyl (C=S) groups is 1. The first kappa shape index (κ1) is 56.1. The monoisotopic (exact) mass is 1090 g/mol. The van der Waals surface area contributed by atoms with Crippen molar-refractivity contribution in [3.05, 3.63) is 112 Å². The molecule has 2 unspecified atom stereocenters. The number of nitrogens with two attached hydrogens (primary N) is 2. The van der Waals surface area contributed by atoms with Gasteiger partial charge < -0.3 is 51.6 Å². The molecule has 0 spiro atoms. The number of phenolic OH excluding ortho intramolecular Hbond substituents is 2. The molecule has 2 aliphatic rings. The van der Waals surface area contributed by atoms with Crippen LogP contribution in [0.3, 0.4) is 0 Å². The number of rotatable bonds is 18. The van der Waals surface area contributed by atoms with Gasteiger partial charge in [-0.05, 0) is 174 Å². The van der Waals surface area contributed by atoms with E-state index in [0.29, 0.717) is 61.9 Å². The lowest BCUT2D eigenvalue weighted by Crippen LogP contribution is -2.30. The summed E-state index contributed by atoms with van der Waals surface area (Å²) < 4.78 is 11.8. The van der Waals surface area contributed by atoms with Gasteiger partial charge in [0.15, 0.2) is 21.2 Å². The van der Waals surface area contributed by atoms with E-state index in [0.717, 1.165) is 78.5 Å². The Bertz CT molecular complexity index is 2520. The van der Waals surface area contributed by atoms with Gasteiger partial charge in [-0.1, -0.05) is 65.7 Å². The summed E-state index contributed by atoms with van der Waals surface area (Å²) in [5, 5.41) is 27.4. The van der Waals surface area contributed by atoms with Crippen molar-refractivity contribution in [2.24, 2.45) is 10.7 Å². The number of ketones is 2. The summed E-state index contributed by atoms with van der Waals surface area (Å²) in [5.74, 6) is 2.21. The Morgan fingerprint density at radius 2 is 1.37 bits per heavy atom. The largest absolute Gasteiger partial charge is 0.508 e. The molecular weight excluding hydrogens is 1030 g/mol. The van der Waals surface area contributed by atoms with Gasteiger partial charge in [-0.3, -0.25) is 9.59 Å². The summed E-state index contributed by atoms with van der Waals surface area (Å²) in [5.41, 5.74) is 17.0. The molecule has 0 saturated carbocycles. The number of thiazole rings is 1. The Kier molecular flexibility index (Phi) is 23.2. The maximum absolute atomic E-state index is 13.0. The van der Waals surface area contributed by atoms with Gasteiger partial charge >= 0.3 is 0 Å². The molecule has 2 saturated heterocycles. The molecule has 3 atom stereocenters. The van der Waals surface area contributed by atoms with E-state index in [1.54, 1.807) is 36.4 Å². The van der Waals surface area contributed by atoms with Crippen molar-refractivity contribution in [3.63, 3.8) is 0 Å². The van der Waals surface area contributed by atoms with Crippen LogP contribution in [0.4, 0.5) is 22.3 Å². The average Bonchev–Trinajstić information content (AvgIpc) is 4.08. The number of anilines is 4. The van der Waals surface area contributed by atoms with E-state index in [2.05, 4.69) is 69.7 Å². The third-order valence-electron chi connectivity index (χ3n) is 11.6. The van der Waals surface area contributed by atoms with Gasteiger partial charge in [-0.2, -0.15) is 4.99 Å². The van der Waals surface area contributed by atoms with Crippen LogP contribution in [0.5, 0.6) is 23.0 Å². The Morgan fingerprint density at radius 3 is 1.86 bits per heavy atom. The molecule has 70 heavy (non-hydrogen) atoms. The number of halogens is 1. The van der Waals surface area contributed by atoms with Gasteiger partial charge in [0.1, 0.15) is 46.9 Å². The molecule has 2 aliphatic heterocycles. The molecule has 2 fully saturated rings. The fourth-order valence-electron chi connectivity index (χ4n) is 7.71. The van der Waals surface area contributed by atoms with Gasteiger partial charge in [-0.15, -0.1) is 9.24 Å². The molecule has 19 heteroatoms. The number of phenols is 2. The predicted octanol–water partition coefficient (Wildman–Crippen LogP) is 10.5. The number of likely N-dealkylation sites (tertiary alicyclic amines) is 2. The van der Waals surface area contributed by atoms with E-state index < -0.39 is 0 Å². The highest BCUT2D eigenvalue weighted by molar-refractivity contribution is 9.09. The number of aliphatic imine (C=N–C) groups is 1. The number of aromatic hydroxyl groups is 2. The van der Waals surface area contributed by atoms with Crippen LogP contribution in [0.15, 0.2) is 89.9 Å². The molecule has 7 rings (SSSR count). The predicted molar refractivity (Wildman–Crippen MR) is 301 cm³/mol. The van der Waals surface area contributed by atoms with Crippen LogP contribution in [-0.2, 0) is 12.8 Å². The number of benzene rings is 4. The highest BCUT2D eigenvalue weighted by Gasteiger charge is 2.23. The number of aromatic nitrogens is 1. The van der Waals surface area contributed by atoms with Crippen LogP contribution in [0.2, 0.25) is 0 Å². The minimum atomic E-state index is -0.198. The van der Waals surface area contributed by atoms with E-state index in [1.165, 1.54) is 48.8 Å². The number of hydrogen-bond acceptors (Lipinski definition) is 14. The highest BCUT2D eigenvalue weighted by atomic mass is 79.9. The SMILES string of the molecule is CCCc1cc(C(=O)CBr)ccc1O.CCCc1cc(C(=O)c2sc(Nc3ccc(OCC4CCCN4C)cc3)nc2N)ccc1O.CN1CCC[C@H]1COc1ccc(NC(=S)N=C(N)SCP)cc1. The molecule has 0 bridgehead atoms. The number of thioether (sulfide) groups is 1. The zero-order valence-corrected chi connectivity index (χ0v) is 45.5. The summed E-state index contributed by atoms with van der Waals surface area (Å²) >= 11 is 10.9. The highest BCUT2D eigenvalue weighted by Crippen LogP contribution is 2.32. The van der Waals surface area contributed by atoms with Crippen molar-refractivity contribution in [2.45, 2.75) is 77.3 Å². The minimum Gasteiger partial charge on any atom is -0.508 e. The summed E-state index contributed by atoms with van der Waals surface area (Å²) in [7, 11) is 6.87. The van der Waals surface area contributed by atoms with Crippen molar-refractivity contribution >= 4 is 105 Å². The third-order valence-corrected chi connectivity index (χ3v) is 14.4. The van der Waals surface area contributed by atoms with E-state index >= 15 is 0 Å². The number of Topliss-reactive ketones (excluding diaryl/α,β-unsaturated/α-hetero) is 1. The number of nitrogens with zero attached hydrogens (tertiary/aromatic N) is 4. The molecule has 14 nitrogen and oxygen atoms in total. The summed E-state index contributed by atoms with van der Waals surface area (Å²) in [6.45, 7) is 7.78. The number of ether oxygens (including phenoxy) is 2. The number of carbonyl (C=O) groups excluding carboxylic acids is 2. The number of nitrogen functional groups attached to an aromatic ring is 1. The van der Waals surface area contributed by atoms with Crippen LogP contribution in [0, 0.1) is 0 Å². The quantitative estimate of drug-likeness (QED) is 0.0121. The Labute approximate surface area is 436 Å². The number of likely N-dealkylation sites (N-methyl/N-ethyl adjacent to an activating group) is 2. The maximum Gasteiger partial charge on any atom is 0.206 e. The molecule has 376 valence electrons. The van der Waals surface area contributed by atoms with E-state index in [9.17, 15) is 19.8 Å². The number of alkyl halides is 1. The van der Waals surface area contributed by atoms with E-state index in [1.807, 2.05) is 62.4 Å². The number of amidine groups is 1. The first-order chi connectivity index (χ1) is 33.7. The molecule has 0 radical (unpaired) electrons. The van der Waals surface area contributed by atoms with Gasteiger partial charge in [-0.25, -0.2) is 4.98 Å². The smallest absolute Gasteiger partial charge is 0.206 e. The molecule has 3 heterocycles. The number of nitrogens with one attached hydrogen (secondary N) is 2. The molecule has 0 aliphatic carbocycles.